The molecule has 0 spiro atoms. The molecule has 0 atom stereocenters. The van der Waals surface area contributed by atoms with Gasteiger partial charge in [0.25, 0.3) is 5.56 Å². The Kier molecular flexibility index (Phi) is 3.76. The first-order chi connectivity index (χ1) is 12.0. The number of hydrogen-bond acceptors (Lipinski definition) is 3. The minimum absolute atomic E-state index is 0.250. The number of carbonyl (C=O) groups is 1. The Bertz CT molecular complexity index is 1210. The van der Waals surface area contributed by atoms with Crippen LogP contribution in [0.15, 0.2) is 65.7 Å². The summed E-state index contributed by atoms with van der Waals surface area (Å²) in [5.74, 6) is -1.23. The van der Waals surface area contributed by atoms with E-state index in [0.29, 0.717) is 16.6 Å². The number of aromatic nitrogens is 2. The first kappa shape index (κ1) is 15.8. The SMILES string of the molecule is O=C(O)c1cc2ccc(I)cc2n(-c2ccc3ccncc3c2)c1=O. The highest BCUT2D eigenvalue weighted by Gasteiger charge is 2.16. The molecule has 0 aliphatic rings. The summed E-state index contributed by atoms with van der Waals surface area (Å²) < 4.78 is 2.41. The van der Waals surface area contributed by atoms with E-state index in [2.05, 4.69) is 27.6 Å². The van der Waals surface area contributed by atoms with Crippen molar-refractivity contribution in [2.45, 2.75) is 0 Å². The van der Waals surface area contributed by atoms with E-state index in [1.54, 1.807) is 12.4 Å². The molecule has 25 heavy (non-hydrogen) atoms. The highest BCUT2D eigenvalue weighted by molar-refractivity contribution is 14.1. The highest BCUT2D eigenvalue weighted by Crippen LogP contribution is 2.23. The van der Waals surface area contributed by atoms with Gasteiger partial charge in [-0.25, -0.2) is 4.79 Å². The van der Waals surface area contributed by atoms with Gasteiger partial charge in [0, 0.05) is 27.0 Å². The Hall–Kier alpha value is -2.74. The molecule has 122 valence electrons. The van der Waals surface area contributed by atoms with Crippen LogP contribution in [0.5, 0.6) is 0 Å². The van der Waals surface area contributed by atoms with Gasteiger partial charge in [0.05, 0.1) is 5.52 Å². The minimum Gasteiger partial charge on any atom is -0.477 e. The first-order valence-electron chi connectivity index (χ1n) is 7.47. The van der Waals surface area contributed by atoms with Gasteiger partial charge in [0.2, 0.25) is 0 Å². The third kappa shape index (κ3) is 2.68. The molecular weight excluding hydrogens is 431 g/mol. The Balaban J connectivity index is 2.13. The van der Waals surface area contributed by atoms with E-state index < -0.39 is 11.5 Å². The Labute approximate surface area is 155 Å². The number of halogens is 1. The second-order valence-corrected chi connectivity index (χ2v) is 6.86. The lowest BCUT2D eigenvalue weighted by Crippen LogP contribution is -2.25. The summed E-state index contributed by atoms with van der Waals surface area (Å²) >= 11 is 2.17. The predicted molar refractivity (Wildman–Crippen MR) is 105 cm³/mol. The van der Waals surface area contributed by atoms with E-state index in [0.717, 1.165) is 14.3 Å². The number of carboxylic acid groups (broad SMARTS) is 1. The van der Waals surface area contributed by atoms with Gasteiger partial charge in [0.1, 0.15) is 5.56 Å². The fraction of sp³-hybridized carbons (Fsp3) is 0. The van der Waals surface area contributed by atoms with Gasteiger partial charge in [-0.1, -0.05) is 12.1 Å². The molecular formula is C19H11IN2O3. The molecule has 0 saturated carbocycles. The van der Waals surface area contributed by atoms with Crippen LogP contribution >= 0.6 is 22.6 Å². The maximum atomic E-state index is 12.8. The van der Waals surface area contributed by atoms with Crippen LogP contribution in [0.1, 0.15) is 10.4 Å². The van der Waals surface area contributed by atoms with Crippen molar-refractivity contribution in [2.24, 2.45) is 0 Å². The van der Waals surface area contributed by atoms with Gasteiger partial charge < -0.3 is 5.11 Å². The number of aromatic carboxylic acids is 1. The van der Waals surface area contributed by atoms with E-state index >= 15 is 0 Å². The molecule has 0 radical (unpaired) electrons. The van der Waals surface area contributed by atoms with Crippen molar-refractivity contribution >= 4 is 50.2 Å². The fourth-order valence-corrected chi connectivity index (χ4v) is 3.38. The largest absolute Gasteiger partial charge is 0.477 e. The van der Waals surface area contributed by atoms with Crippen LogP contribution in [0.25, 0.3) is 27.4 Å². The van der Waals surface area contributed by atoms with Crippen molar-refractivity contribution < 1.29 is 9.90 Å². The highest BCUT2D eigenvalue weighted by atomic mass is 127. The summed E-state index contributed by atoms with van der Waals surface area (Å²) in [5.41, 5.74) is 0.482. The Morgan fingerprint density at radius 2 is 1.80 bits per heavy atom. The number of fused-ring (bicyclic) bond motifs is 2. The zero-order chi connectivity index (χ0) is 17.6. The zero-order valence-corrected chi connectivity index (χ0v) is 15.0. The molecule has 2 aromatic carbocycles. The molecule has 1 N–H and O–H groups in total. The zero-order valence-electron chi connectivity index (χ0n) is 12.8. The van der Waals surface area contributed by atoms with Crippen LogP contribution in [-0.4, -0.2) is 20.6 Å². The second kappa shape index (κ2) is 5.96. The van der Waals surface area contributed by atoms with Crippen LogP contribution in [0.2, 0.25) is 0 Å². The summed E-state index contributed by atoms with van der Waals surface area (Å²) in [5, 5.41) is 12.0. The van der Waals surface area contributed by atoms with Crippen LogP contribution < -0.4 is 5.56 Å². The third-order valence-electron chi connectivity index (χ3n) is 4.08. The van der Waals surface area contributed by atoms with Gasteiger partial charge in [-0.15, -0.1) is 0 Å². The van der Waals surface area contributed by atoms with Gasteiger partial charge >= 0.3 is 5.97 Å². The van der Waals surface area contributed by atoms with Crippen molar-refractivity contribution in [1.29, 1.82) is 0 Å². The third-order valence-corrected chi connectivity index (χ3v) is 4.75. The number of rotatable bonds is 2. The van der Waals surface area contributed by atoms with Crippen molar-refractivity contribution in [1.82, 2.24) is 9.55 Å². The molecule has 0 unspecified atom stereocenters. The number of nitrogens with zero attached hydrogens (tertiary/aromatic N) is 2. The normalized spacial score (nSPS) is 11.1. The van der Waals surface area contributed by atoms with Crippen LogP contribution in [-0.2, 0) is 0 Å². The van der Waals surface area contributed by atoms with Crippen molar-refractivity contribution in [3.63, 3.8) is 0 Å². The van der Waals surface area contributed by atoms with Gasteiger partial charge in [0.15, 0.2) is 0 Å². The molecule has 0 bridgehead atoms. The smallest absolute Gasteiger partial charge is 0.341 e. The number of pyridine rings is 2. The van der Waals surface area contributed by atoms with Gasteiger partial charge in [-0.2, -0.15) is 0 Å². The molecule has 6 heteroatoms. The average Bonchev–Trinajstić information content (AvgIpc) is 2.60. The van der Waals surface area contributed by atoms with E-state index in [1.807, 2.05) is 42.5 Å². The van der Waals surface area contributed by atoms with E-state index in [9.17, 15) is 14.7 Å². The Morgan fingerprint density at radius 3 is 2.60 bits per heavy atom. The van der Waals surface area contributed by atoms with Crippen LogP contribution in [0.3, 0.4) is 0 Å². The standard InChI is InChI=1S/C19H11IN2O3/c20-14-3-1-12-8-16(19(24)25)18(23)22(17(12)9-14)15-4-2-11-5-6-21-10-13(11)7-15/h1-10H,(H,24,25). The number of carboxylic acids is 1. The second-order valence-electron chi connectivity index (χ2n) is 5.61. The van der Waals surface area contributed by atoms with Crippen molar-refractivity contribution in [3.8, 4) is 5.69 Å². The maximum Gasteiger partial charge on any atom is 0.341 e. The first-order valence-corrected chi connectivity index (χ1v) is 8.55. The predicted octanol–water partition coefficient (Wildman–Crippen LogP) is 3.84. The van der Waals surface area contributed by atoms with Crippen LogP contribution in [0, 0.1) is 3.57 Å². The molecule has 5 nitrogen and oxygen atoms in total. The molecule has 0 aliphatic heterocycles. The van der Waals surface area contributed by atoms with E-state index in [-0.39, 0.29) is 5.56 Å². The summed E-state index contributed by atoms with van der Waals surface area (Å²) in [6.07, 6.45) is 3.42. The topological polar surface area (TPSA) is 72.2 Å². The Morgan fingerprint density at radius 1 is 1.00 bits per heavy atom. The summed E-state index contributed by atoms with van der Waals surface area (Å²) in [4.78, 5) is 28.4. The maximum absolute atomic E-state index is 12.8. The van der Waals surface area contributed by atoms with Gasteiger partial charge in [-0.05, 0) is 69.8 Å². The van der Waals surface area contributed by atoms with E-state index in [4.69, 9.17) is 0 Å². The molecule has 2 heterocycles. The molecule has 4 aromatic rings. The molecule has 0 fully saturated rings. The molecule has 0 amide bonds. The molecule has 4 rings (SSSR count). The monoisotopic (exact) mass is 442 g/mol. The minimum atomic E-state index is -1.23. The average molecular weight is 442 g/mol. The number of hydrogen-bond donors (Lipinski definition) is 1. The van der Waals surface area contributed by atoms with Crippen LogP contribution in [0.4, 0.5) is 0 Å². The summed E-state index contributed by atoms with van der Waals surface area (Å²) in [6, 6.07) is 14.4. The number of benzene rings is 2. The lowest BCUT2D eigenvalue weighted by molar-refractivity contribution is 0.0695. The van der Waals surface area contributed by atoms with E-state index in [1.165, 1.54) is 10.6 Å². The quantitative estimate of drug-likeness (QED) is 0.479. The molecule has 0 saturated heterocycles. The lowest BCUT2D eigenvalue weighted by atomic mass is 10.1. The molecule has 0 aliphatic carbocycles. The fourth-order valence-electron chi connectivity index (χ4n) is 2.90. The van der Waals surface area contributed by atoms with Crippen molar-refractivity contribution in [3.05, 3.63) is 80.4 Å². The lowest BCUT2D eigenvalue weighted by Gasteiger charge is -2.13. The summed E-state index contributed by atoms with van der Waals surface area (Å²) in [7, 11) is 0. The van der Waals surface area contributed by atoms with Gasteiger partial charge in [-0.3, -0.25) is 14.3 Å². The summed E-state index contributed by atoms with van der Waals surface area (Å²) in [6.45, 7) is 0. The van der Waals surface area contributed by atoms with Crippen molar-refractivity contribution in [2.75, 3.05) is 0 Å². The molecule has 2 aromatic heterocycles.